The van der Waals surface area contributed by atoms with Crippen molar-refractivity contribution < 1.29 is 31.5 Å². The van der Waals surface area contributed by atoms with Crippen molar-refractivity contribution in [3.8, 4) is 0 Å². The summed E-state index contributed by atoms with van der Waals surface area (Å²) in [5.41, 5.74) is -1.54. The van der Waals surface area contributed by atoms with Crippen LogP contribution in [0.2, 0.25) is 0 Å². The summed E-state index contributed by atoms with van der Waals surface area (Å²) < 4.78 is 66.6. The summed E-state index contributed by atoms with van der Waals surface area (Å²) in [6.45, 7) is 2.92. The Kier molecular flexibility index (Phi) is 6.00. The fourth-order valence-corrected chi connectivity index (χ4v) is 3.84. The van der Waals surface area contributed by atoms with E-state index < -0.39 is 40.9 Å². The van der Waals surface area contributed by atoms with Crippen molar-refractivity contribution in [2.75, 3.05) is 10.2 Å². The molecule has 4 rings (SSSR count). The van der Waals surface area contributed by atoms with Gasteiger partial charge in [0.25, 0.3) is 5.91 Å². The highest BCUT2D eigenvalue weighted by molar-refractivity contribution is 6.23. The number of amides is 3. The summed E-state index contributed by atoms with van der Waals surface area (Å²) in [5, 5.41) is 3.13. The van der Waals surface area contributed by atoms with Crippen LogP contribution >= 0.6 is 0 Å². The second kappa shape index (κ2) is 8.68. The van der Waals surface area contributed by atoms with Gasteiger partial charge in [0.1, 0.15) is 17.2 Å². The first kappa shape index (κ1) is 24.2. The molecule has 10 heteroatoms. The average molecular weight is 489 g/mol. The number of hydrogen-bond donors (Lipinski definition) is 1. The maximum absolute atomic E-state index is 13.8. The van der Waals surface area contributed by atoms with E-state index in [4.69, 9.17) is 0 Å². The van der Waals surface area contributed by atoms with Crippen LogP contribution < -0.4 is 10.2 Å². The van der Waals surface area contributed by atoms with Crippen LogP contribution in [0.5, 0.6) is 0 Å². The van der Waals surface area contributed by atoms with Crippen LogP contribution in [0, 0.1) is 11.6 Å². The molecule has 35 heavy (non-hydrogen) atoms. The van der Waals surface area contributed by atoms with Gasteiger partial charge in [0.05, 0.1) is 17.8 Å². The van der Waals surface area contributed by atoms with Crippen LogP contribution in [-0.4, -0.2) is 22.4 Å². The summed E-state index contributed by atoms with van der Waals surface area (Å²) in [7, 11) is 0. The molecule has 1 saturated heterocycles. The van der Waals surface area contributed by atoms with E-state index in [0.717, 1.165) is 6.07 Å². The number of hydrogen-bond acceptors (Lipinski definition) is 3. The second-order valence-corrected chi connectivity index (χ2v) is 8.52. The zero-order valence-electron chi connectivity index (χ0n) is 18.7. The molecule has 1 fully saturated rings. The molecule has 1 aliphatic rings. The number of para-hydroxylation sites is 1. The summed E-state index contributed by atoms with van der Waals surface area (Å²) in [5.74, 6) is -2.65. The average Bonchev–Trinajstić information content (AvgIpc) is 2.95. The lowest BCUT2D eigenvalue weighted by molar-refractivity contribution is -0.140. The number of carbonyl (C=O) groups is 2. The Balaban J connectivity index is 1.66. The van der Waals surface area contributed by atoms with Gasteiger partial charge in [-0.3, -0.25) is 4.79 Å². The van der Waals surface area contributed by atoms with Crippen molar-refractivity contribution in [1.29, 1.82) is 0 Å². The molecule has 3 aromatic carbocycles. The Bertz CT molecular complexity index is 1290. The Morgan fingerprint density at radius 1 is 0.914 bits per heavy atom. The molecule has 0 aromatic heterocycles. The number of benzene rings is 3. The number of carbonyl (C=O) groups excluding carboxylic acids is 2. The van der Waals surface area contributed by atoms with Gasteiger partial charge in [-0.1, -0.05) is 18.2 Å². The first-order chi connectivity index (χ1) is 16.4. The maximum Gasteiger partial charge on any atom is 0.419 e. The molecule has 3 aromatic rings. The van der Waals surface area contributed by atoms with Gasteiger partial charge in [-0.15, -0.1) is 0 Å². The second-order valence-electron chi connectivity index (χ2n) is 8.52. The van der Waals surface area contributed by atoms with Crippen molar-refractivity contribution in [2.24, 2.45) is 0 Å². The first-order valence-corrected chi connectivity index (χ1v) is 10.5. The summed E-state index contributed by atoms with van der Waals surface area (Å²) in [6, 6.07) is 13.7. The van der Waals surface area contributed by atoms with Gasteiger partial charge in [0.15, 0.2) is 0 Å². The van der Waals surface area contributed by atoms with E-state index in [0.29, 0.717) is 34.0 Å². The fraction of sp³-hybridized carbons (Fsp3) is 0.200. The molecule has 0 radical (unpaired) electrons. The largest absolute Gasteiger partial charge is 0.419 e. The van der Waals surface area contributed by atoms with Crippen molar-refractivity contribution >= 4 is 29.0 Å². The summed E-state index contributed by atoms with van der Waals surface area (Å²) >= 11 is 0. The van der Waals surface area contributed by atoms with Gasteiger partial charge in [-0.25, -0.2) is 18.5 Å². The van der Waals surface area contributed by atoms with E-state index in [-0.39, 0.29) is 12.2 Å². The molecular formula is C25H20F5N3O2. The molecule has 0 bridgehead atoms. The molecule has 1 heterocycles. The van der Waals surface area contributed by atoms with Gasteiger partial charge in [0.2, 0.25) is 0 Å². The van der Waals surface area contributed by atoms with Crippen LogP contribution in [0.15, 0.2) is 66.7 Å². The van der Waals surface area contributed by atoms with Crippen molar-refractivity contribution in [3.05, 3.63) is 89.5 Å². The van der Waals surface area contributed by atoms with E-state index in [1.807, 2.05) is 0 Å². The lowest BCUT2D eigenvalue weighted by atomic mass is 10.0. The maximum atomic E-state index is 13.8. The Hall–Kier alpha value is -3.95. The lowest BCUT2D eigenvalue weighted by Gasteiger charge is -2.28. The molecule has 1 N–H and O–H groups in total. The number of halogens is 5. The number of nitrogens with one attached hydrogen (secondary N) is 1. The Morgan fingerprint density at radius 2 is 1.57 bits per heavy atom. The van der Waals surface area contributed by atoms with Gasteiger partial charge < -0.3 is 10.2 Å². The van der Waals surface area contributed by atoms with E-state index >= 15 is 0 Å². The van der Waals surface area contributed by atoms with E-state index in [1.54, 1.807) is 24.3 Å². The standard InChI is InChI=1S/C25H20F5N3O2/c1-24(2)22(34)33(18-11-12-20(27)19(13-18)25(28,29)30)23(35)32(24)14-15-5-3-4-6-21(15)31-17-9-7-16(26)8-10-17/h3-13,31H,14H2,1-2H3. The minimum atomic E-state index is -4.99. The monoisotopic (exact) mass is 489 g/mol. The Morgan fingerprint density at radius 3 is 2.23 bits per heavy atom. The highest BCUT2D eigenvalue weighted by Gasteiger charge is 2.52. The minimum Gasteiger partial charge on any atom is -0.355 e. The summed E-state index contributed by atoms with van der Waals surface area (Å²) in [4.78, 5) is 28.3. The number of imide groups is 1. The van der Waals surface area contributed by atoms with Crippen LogP contribution in [0.3, 0.4) is 0 Å². The quantitative estimate of drug-likeness (QED) is 0.330. The molecule has 0 atom stereocenters. The predicted molar refractivity (Wildman–Crippen MR) is 120 cm³/mol. The van der Waals surface area contributed by atoms with Gasteiger partial charge >= 0.3 is 12.2 Å². The third kappa shape index (κ3) is 4.55. The fourth-order valence-electron chi connectivity index (χ4n) is 3.84. The number of anilines is 3. The zero-order chi connectivity index (χ0) is 25.5. The minimum absolute atomic E-state index is 0.0498. The van der Waals surface area contributed by atoms with Crippen molar-refractivity contribution in [2.45, 2.75) is 32.1 Å². The van der Waals surface area contributed by atoms with Gasteiger partial charge in [0, 0.05) is 11.4 Å². The molecular weight excluding hydrogens is 469 g/mol. The van der Waals surface area contributed by atoms with Crippen LogP contribution in [-0.2, 0) is 17.5 Å². The number of alkyl halides is 3. The third-order valence-electron chi connectivity index (χ3n) is 5.81. The Labute approximate surface area is 197 Å². The van der Waals surface area contributed by atoms with Gasteiger partial charge in [-0.2, -0.15) is 13.2 Å². The van der Waals surface area contributed by atoms with E-state index in [1.165, 1.54) is 43.0 Å². The zero-order valence-corrected chi connectivity index (χ0v) is 18.7. The van der Waals surface area contributed by atoms with E-state index in [2.05, 4.69) is 5.32 Å². The normalized spacial score (nSPS) is 15.6. The van der Waals surface area contributed by atoms with Gasteiger partial charge in [-0.05, 0) is 67.9 Å². The molecule has 0 spiro atoms. The van der Waals surface area contributed by atoms with Crippen molar-refractivity contribution in [3.63, 3.8) is 0 Å². The van der Waals surface area contributed by atoms with Crippen molar-refractivity contribution in [1.82, 2.24) is 4.90 Å². The topological polar surface area (TPSA) is 52.7 Å². The molecule has 0 unspecified atom stereocenters. The third-order valence-corrected chi connectivity index (χ3v) is 5.81. The highest BCUT2D eigenvalue weighted by atomic mass is 19.4. The molecule has 0 aliphatic carbocycles. The number of rotatable bonds is 5. The highest BCUT2D eigenvalue weighted by Crippen LogP contribution is 2.38. The molecule has 182 valence electrons. The molecule has 3 amide bonds. The number of urea groups is 1. The molecule has 1 aliphatic heterocycles. The van der Waals surface area contributed by atoms with E-state index in [9.17, 15) is 31.5 Å². The first-order valence-electron chi connectivity index (χ1n) is 10.5. The summed E-state index contributed by atoms with van der Waals surface area (Å²) in [6.07, 6.45) is -4.99. The molecule has 0 saturated carbocycles. The lowest BCUT2D eigenvalue weighted by Crippen LogP contribution is -2.43. The smallest absolute Gasteiger partial charge is 0.355 e. The predicted octanol–water partition coefficient (Wildman–Crippen LogP) is 6.47. The number of nitrogens with zero attached hydrogens (tertiary/aromatic N) is 2. The van der Waals surface area contributed by atoms with Crippen LogP contribution in [0.4, 0.5) is 43.8 Å². The van der Waals surface area contributed by atoms with Crippen LogP contribution in [0.1, 0.15) is 25.0 Å². The van der Waals surface area contributed by atoms with Crippen LogP contribution in [0.25, 0.3) is 0 Å². The molecule has 5 nitrogen and oxygen atoms in total. The SMILES string of the molecule is CC1(C)C(=O)N(c2ccc(F)c(C(F)(F)F)c2)C(=O)N1Cc1ccccc1Nc1ccc(F)cc1.